The van der Waals surface area contributed by atoms with Gasteiger partial charge in [-0.05, 0) is 11.6 Å². The first-order valence-electron chi connectivity index (χ1n) is 8.46. The number of hydrogen-bond donors (Lipinski definition) is 0. The number of hydrogen-bond acceptors (Lipinski definition) is 5. The molecule has 144 valence electrons. The van der Waals surface area contributed by atoms with Crippen molar-refractivity contribution < 1.29 is 14.5 Å². The van der Waals surface area contributed by atoms with Crippen LogP contribution in [-0.2, 0) is 6.54 Å². The van der Waals surface area contributed by atoms with E-state index in [1.807, 2.05) is 18.2 Å². The average Bonchev–Trinajstić information content (AvgIpc) is 2.68. The molecule has 8 heteroatoms. The molecule has 0 N–H and O–H groups in total. The van der Waals surface area contributed by atoms with Crippen molar-refractivity contribution in [1.82, 2.24) is 9.80 Å². The number of nitro benzene ring substituents is 1. The number of rotatable bonds is 5. The standard InChI is InChI=1S/C19H21N3O4.ClH/c1-26-18-8-7-16(22(24)25)13-17(18)19(23)21-11-9-20(10-12-21)14-15-5-3-2-4-6-15;/h2-8,13H,9-12,14H2,1H3;1H. The number of nitro groups is 1. The third-order valence-corrected chi connectivity index (χ3v) is 4.53. The van der Waals surface area contributed by atoms with Crippen LogP contribution in [0.5, 0.6) is 5.75 Å². The van der Waals surface area contributed by atoms with Gasteiger partial charge in [0.1, 0.15) is 5.75 Å². The molecule has 1 heterocycles. The van der Waals surface area contributed by atoms with Gasteiger partial charge in [0.15, 0.2) is 0 Å². The molecule has 27 heavy (non-hydrogen) atoms. The van der Waals surface area contributed by atoms with Gasteiger partial charge < -0.3 is 9.64 Å². The second-order valence-corrected chi connectivity index (χ2v) is 6.20. The minimum atomic E-state index is -0.506. The first kappa shape index (κ1) is 20.7. The first-order chi connectivity index (χ1) is 12.6. The lowest BCUT2D eigenvalue weighted by Crippen LogP contribution is -2.48. The van der Waals surface area contributed by atoms with Crippen molar-refractivity contribution in [2.45, 2.75) is 6.54 Å². The number of ether oxygens (including phenoxy) is 1. The molecule has 1 saturated heterocycles. The lowest BCUT2D eigenvalue weighted by molar-refractivity contribution is -0.384. The minimum Gasteiger partial charge on any atom is -0.496 e. The van der Waals surface area contributed by atoms with Crippen LogP contribution in [0.2, 0.25) is 0 Å². The van der Waals surface area contributed by atoms with E-state index < -0.39 is 4.92 Å². The van der Waals surface area contributed by atoms with Crippen molar-refractivity contribution in [2.75, 3.05) is 33.3 Å². The summed E-state index contributed by atoms with van der Waals surface area (Å²) < 4.78 is 5.21. The Balaban J connectivity index is 0.00000261. The fraction of sp³-hybridized carbons (Fsp3) is 0.316. The molecule has 0 atom stereocenters. The van der Waals surface area contributed by atoms with E-state index in [-0.39, 0.29) is 29.6 Å². The van der Waals surface area contributed by atoms with Crippen molar-refractivity contribution in [2.24, 2.45) is 0 Å². The van der Waals surface area contributed by atoms with Crippen LogP contribution in [0.3, 0.4) is 0 Å². The van der Waals surface area contributed by atoms with E-state index in [1.165, 1.54) is 30.9 Å². The molecule has 2 aromatic rings. The van der Waals surface area contributed by atoms with Crippen LogP contribution >= 0.6 is 12.4 Å². The Kier molecular flexibility index (Phi) is 7.15. The van der Waals surface area contributed by atoms with Gasteiger partial charge in [-0.1, -0.05) is 30.3 Å². The SMILES string of the molecule is COc1ccc([N+](=O)[O-])cc1C(=O)N1CCN(Cc2ccccc2)CC1.Cl. The van der Waals surface area contributed by atoms with Crippen molar-refractivity contribution in [3.63, 3.8) is 0 Å². The Hall–Kier alpha value is -2.64. The Bertz CT molecular complexity index is 793. The minimum absolute atomic E-state index is 0. The van der Waals surface area contributed by atoms with Crippen LogP contribution in [0.4, 0.5) is 5.69 Å². The van der Waals surface area contributed by atoms with Gasteiger partial charge in [0.05, 0.1) is 17.6 Å². The Labute approximate surface area is 164 Å². The molecule has 0 spiro atoms. The number of halogens is 1. The summed E-state index contributed by atoms with van der Waals surface area (Å²) in [6.07, 6.45) is 0. The van der Waals surface area contributed by atoms with Gasteiger partial charge in [-0.3, -0.25) is 19.8 Å². The van der Waals surface area contributed by atoms with Gasteiger partial charge in [0.2, 0.25) is 0 Å². The lowest BCUT2D eigenvalue weighted by Gasteiger charge is -2.35. The van der Waals surface area contributed by atoms with Crippen molar-refractivity contribution >= 4 is 24.0 Å². The maximum absolute atomic E-state index is 12.8. The number of carbonyl (C=O) groups is 1. The van der Waals surface area contributed by atoms with Gasteiger partial charge in [-0.2, -0.15) is 0 Å². The molecule has 0 bridgehead atoms. The van der Waals surface area contributed by atoms with Gasteiger partial charge in [-0.25, -0.2) is 0 Å². The van der Waals surface area contributed by atoms with E-state index in [0.29, 0.717) is 18.8 Å². The molecule has 1 amide bonds. The van der Waals surface area contributed by atoms with Crippen molar-refractivity contribution in [3.8, 4) is 5.75 Å². The zero-order valence-electron chi connectivity index (χ0n) is 15.0. The molecule has 3 rings (SSSR count). The molecule has 1 aliphatic heterocycles. The maximum Gasteiger partial charge on any atom is 0.270 e. The highest BCUT2D eigenvalue weighted by Gasteiger charge is 2.26. The van der Waals surface area contributed by atoms with E-state index >= 15 is 0 Å². The van der Waals surface area contributed by atoms with E-state index in [9.17, 15) is 14.9 Å². The summed E-state index contributed by atoms with van der Waals surface area (Å²) >= 11 is 0. The number of benzene rings is 2. The molecular weight excluding hydrogens is 370 g/mol. The van der Waals surface area contributed by atoms with Crippen molar-refractivity contribution in [1.29, 1.82) is 0 Å². The number of piperazine rings is 1. The quantitative estimate of drug-likeness (QED) is 0.578. The predicted octanol–water partition coefficient (Wildman–Crippen LogP) is 2.98. The van der Waals surface area contributed by atoms with Gasteiger partial charge in [0.25, 0.3) is 11.6 Å². The van der Waals surface area contributed by atoms with Crippen LogP contribution in [0.15, 0.2) is 48.5 Å². The smallest absolute Gasteiger partial charge is 0.270 e. The average molecular weight is 392 g/mol. The van der Waals surface area contributed by atoms with E-state index in [1.54, 1.807) is 4.90 Å². The summed E-state index contributed by atoms with van der Waals surface area (Å²) in [5, 5.41) is 11.0. The third-order valence-electron chi connectivity index (χ3n) is 4.53. The van der Waals surface area contributed by atoms with E-state index in [2.05, 4.69) is 17.0 Å². The summed E-state index contributed by atoms with van der Waals surface area (Å²) in [4.78, 5) is 27.3. The molecule has 7 nitrogen and oxygen atoms in total. The largest absolute Gasteiger partial charge is 0.496 e. The molecule has 0 aliphatic carbocycles. The summed E-state index contributed by atoms with van der Waals surface area (Å²) in [6, 6.07) is 14.3. The van der Waals surface area contributed by atoms with Crippen LogP contribution in [0.1, 0.15) is 15.9 Å². The molecule has 0 radical (unpaired) electrons. The Morgan fingerprint density at radius 1 is 1.11 bits per heavy atom. The zero-order valence-corrected chi connectivity index (χ0v) is 15.9. The van der Waals surface area contributed by atoms with Crippen LogP contribution in [0.25, 0.3) is 0 Å². The number of non-ortho nitro benzene ring substituents is 1. The van der Waals surface area contributed by atoms with E-state index in [0.717, 1.165) is 19.6 Å². The Morgan fingerprint density at radius 3 is 2.37 bits per heavy atom. The zero-order chi connectivity index (χ0) is 18.5. The highest BCUT2D eigenvalue weighted by atomic mass is 35.5. The molecule has 2 aromatic carbocycles. The normalized spacial score (nSPS) is 14.3. The second-order valence-electron chi connectivity index (χ2n) is 6.20. The summed E-state index contributed by atoms with van der Waals surface area (Å²) in [6.45, 7) is 3.54. The molecule has 0 unspecified atom stereocenters. The molecule has 1 fully saturated rings. The number of amides is 1. The van der Waals surface area contributed by atoms with Gasteiger partial charge >= 0.3 is 0 Å². The second kappa shape index (κ2) is 9.34. The highest BCUT2D eigenvalue weighted by molar-refractivity contribution is 5.97. The fourth-order valence-corrected chi connectivity index (χ4v) is 3.10. The van der Waals surface area contributed by atoms with Crippen LogP contribution < -0.4 is 4.74 Å². The maximum atomic E-state index is 12.8. The van der Waals surface area contributed by atoms with Gasteiger partial charge in [-0.15, -0.1) is 12.4 Å². The Morgan fingerprint density at radius 2 is 1.78 bits per heavy atom. The molecule has 1 aliphatic rings. The summed E-state index contributed by atoms with van der Waals surface area (Å²) in [5.41, 5.74) is 1.36. The molecular formula is C19H22ClN3O4. The predicted molar refractivity (Wildman–Crippen MR) is 105 cm³/mol. The van der Waals surface area contributed by atoms with Crippen LogP contribution in [-0.4, -0.2) is 53.9 Å². The summed E-state index contributed by atoms with van der Waals surface area (Å²) in [5.74, 6) is 0.122. The molecule has 0 saturated carbocycles. The number of carbonyl (C=O) groups excluding carboxylic acids is 1. The van der Waals surface area contributed by atoms with E-state index in [4.69, 9.17) is 4.74 Å². The van der Waals surface area contributed by atoms with Crippen molar-refractivity contribution in [3.05, 3.63) is 69.8 Å². The fourth-order valence-electron chi connectivity index (χ4n) is 3.10. The topological polar surface area (TPSA) is 75.9 Å². The molecule has 0 aromatic heterocycles. The third kappa shape index (κ3) is 4.96. The van der Waals surface area contributed by atoms with Crippen LogP contribution in [0, 0.1) is 10.1 Å². The highest BCUT2D eigenvalue weighted by Crippen LogP contribution is 2.25. The lowest BCUT2D eigenvalue weighted by atomic mass is 10.1. The summed E-state index contributed by atoms with van der Waals surface area (Å²) in [7, 11) is 1.45. The first-order valence-corrected chi connectivity index (χ1v) is 8.46. The number of nitrogens with zero attached hydrogens (tertiary/aromatic N) is 3. The van der Waals surface area contributed by atoms with Gasteiger partial charge in [0, 0.05) is 44.9 Å². The number of methoxy groups -OCH3 is 1. The monoisotopic (exact) mass is 391 g/mol.